The van der Waals surface area contributed by atoms with E-state index in [4.69, 9.17) is 5.73 Å². The zero-order valence-corrected chi connectivity index (χ0v) is 17.9. The van der Waals surface area contributed by atoms with Crippen molar-refractivity contribution in [2.24, 2.45) is 17.8 Å². The molecule has 10 nitrogen and oxygen atoms in total. The summed E-state index contributed by atoms with van der Waals surface area (Å²) < 4.78 is 3.18. The lowest BCUT2D eigenvalue weighted by Crippen LogP contribution is -2.31. The van der Waals surface area contributed by atoms with Crippen molar-refractivity contribution >= 4 is 30.4 Å². The first-order valence-corrected chi connectivity index (χ1v) is 10.1. The van der Waals surface area contributed by atoms with E-state index in [0.29, 0.717) is 43.1 Å². The molecule has 1 aliphatic rings. The summed E-state index contributed by atoms with van der Waals surface area (Å²) in [5, 5.41) is 16.4. The van der Waals surface area contributed by atoms with E-state index in [0.717, 1.165) is 11.3 Å². The molecule has 0 saturated heterocycles. The van der Waals surface area contributed by atoms with E-state index in [1.165, 1.54) is 0 Å². The van der Waals surface area contributed by atoms with Crippen molar-refractivity contribution in [2.45, 2.75) is 26.7 Å². The average Bonchev–Trinajstić information content (AvgIpc) is 3.26. The van der Waals surface area contributed by atoms with E-state index in [1.54, 1.807) is 41.6 Å². The second kappa shape index (κ2) is 9.67. The number of fused-ring (bicyclic) bond motifs is 1. The maximum Gasteiger partial charge on any atom is 0.373 e. The fourth-order valence-corrected chi connectivity index (χ4v) is 3.42. The van der Waals surface area contributed by atoms with Gasteiger partial charge in [-0.15, -0.1) is 9.36 Å². The number of anilines is 1. The van der Waals surface area contributed by atoms with Crippen LogP contribution in [0.4, 0.5) is 5.69 Å². The number of nitrogens with one attached hydrogen (secondary N) is 1. The van der Waals surface area contributed by atoms with Crippen LogP contribution in [0.15, 0.2) is 41.5 Å². The van der Waals surface area contributed by atoms with Crippen molar-refractivity contribution in [3.05, 3.63) is 53.4 Å². The Morgan fingerprint density at radius 1 is 1.42 bits per heavy atom. The summed E-state index contributed by atoms with van der Waals surface area (Å²) in [6.07, 6.45) is 5.89. The summed E-state index contributed by atoms with van der Waals surface area (Å²) in [6.45, 7) is 5.11. The number of nitrogens with zero attached hydrogens (tertiary/aromatic N) is 5. The molecule has 11 heteroatoms. The van der Waals surface area contributed by atoms with Gasteiger partial charge in [-0.2, -0.15) is 4.99 Å². The maximum absolute atomic E-state index is 12.9. The van der Waals surface area contributed by atoms with E-state index in [-0.39, 0.29) is 5.91 Å². The van der Waals surface area contributed by atoms with E-state index in [2.05, 4.69) is 15.4 Å². The largest absolute Gasteiger partial charge is 0.437 e. The first-order valence-electron chi connectivity index (χ1n) is 10.1. The number of primary amides is 1. The summed E-state index contributed by atoms with van der Waals surface area (Å²) in [6, 6.07) is 5.23. The highest BCUT2D eigenvalue weighted by atomic mass is 16.2. The second-order valence-electron chi connectivity index (χ2n) is 7.28. The second-order valence-corrected chi connectivity index (χ2v) is 7.28. The molecule has 2 aromatic rings. The Bertz CT molecular complexity index is 1050. The fraction of sp³-hybridized carbons (Fsp3) is 0.350. The van der Waals surface area contributed by atoms with E-state index < -0.39 is 13.0 Å². The number of hydrogen-bond donors (Lipinski definition) is 3. The Balaban J connectivity index is 1.89. The molecule has 0 bridgehead atoms. The molecule has 31 heavy (non-hydrogen) atoms. The van der Waals surface area contributed by atoms with Crippen molar-refractivity contribution in [2.75, 3.05) is 18.0 Å². The molecule has 0 radical (unpaired) electrons. The van der Waals surface area contributed by atoms with Crippen LogP contribution in [0.3, 0.4) is 0 Å². The third-order valence-corrected chi connectivity index (χ3v) is 4.89. The number of benzene rings is 1. The number of hydrogen-bond acceptors (Lipinski definition) is 5. The molecule has 0 unspecified atom stereocenters. The standard InChI is InChI=1S/C20H26BN7O3/c1-4-28-17(13-26(3)25-28)20(30)24-18-12-15-11-14(19(22)29)7-8-16(15)27(18)10-6-5-9-23-21(2)31/h5-8,11,13,23,31H,4,9-10,12H2,1-3H3,(H-,22,29)/p+1/b6-5+,24-18?. The third kappa shape index (κ3) is 5.25. The zero-order chi connectivity index (χ0) is 22.5. The van der Waals surface area contributed by atoms with Crippen molar-refractivity contribution < 1.29 is 19.3 Å². The van der Waals surface area contributed by atoms with Crippen LogP contribution in [0.25, 0.3) is 0 Å². The predicted molar refractivity (Wildman–Crippen MR) is 118 cm³/mol. The molecule has 2 heterocycles. The maximum atomic E-state index is 12.9. The fourth-order valence-electron chi connectivity index (χ4n) is 3.42. The number of rotatable bonds is 8. The van der Waals surface area contributed by atoms with E-state index >= 15 is 0 Å². The summed E-state index contributed by atoms with van der Waals surface area (Å²) in [4.78, 5) is 30.8. The highest BCUT2D eigenvalue weighted by Gasteiger charge is 2.28. The molecule has 0 spiro atoms. The lowest BCUT2D eigenvalue weighted by atomic mass is 9.89. The van der Waals surface area contributed by atoms with Gasteiger partial charge in [0.2, 0.25) is 5.91 Å². The highest BCUT2D eigenvalue weighted by Crippen LogP contribution is 2.30. The molecule has 4 N–H and O–H groups in total. The molecule has 1 aliphatic heterocycles. The molecule has 2 amide bonds. The summed E-state index contributed by atoms with van der Waals surface area (Å²) in [7, 11) is 1.16. The molecule has 162 valence electrons. The van der Waals surface area contributed by atoms with Gasteiger partial charge in [-0.25, -0.2) is 0 Å². The lowest BCUT2D eigenvalue weighted by molar-refractivity contribution is -0.732. The summed E-state index contributed by atoms with van der Waals surface area (Å²) >= 11 is 0. The molecule has 1 aromatic carbocycles. The summed E-state index contributed by atoms with van der Waals surface area (Å²) in [5.41, 5.74) is 8.00. The van der Waals surface area contributed by atoms with Gasteiger partial charge in [0, 0.05) is 30.8 Å². The Hall–Kier alpha value is -3.31. The van der Waals surface area contributed by atoms with E-state index in [9.17, 15) is 14.6 Å². The molecule has 1 aromatic heterocycles. The average molecular weight is 424 g/mol. The van der Waals surface area contributed by atoms with Crippen LogP contribution in [0, 0.1) is 0 Å². The van der Waals surface area contributed by atoms with Crippen molar-refractivity contribution in [3.8, 4) is 0 Å². The van der Waals surface area contributed by atoms with Crippen LogP contribution in [0.5, 0.6) is 0 Å². The number of aliphatic imine (C=N–C) groups is 1. The Morgan fingerprint density at radius 3 is 2.87 bits per heavy atom. The Labute approximate surface area is 181 Å². The van der Waals surface area contributed by atoms with Gasteiger partial charge < -0.3 is 20.9 Å². The third-order valence-electron chi connectivity index (χ3n) is 4.89. The van der Waals surface area contributed by atoms with Gasteiger partial charge in [0.25, 0.3) is 5.69 Å². The lowest BCUT2D eigenvalue weighted by Gasteiger charge is -2.18. The Kier molecular flexibility index (Phi) is 6.98. The number of aromatic nitrogens is 3. The van der Waals surface area contributed by atoms with Gasteiger partial charge in [-0.05, 0) is 37.5 Å². The number of amidine groups is 1. The number of carbonyl (C=O) groups is 2. The molecule has 0 aliphatic carbocycles. The monoisotopic (exact) mass is 424 g/mol. The molecule has 3 rings (SSSR count). The van der Waals surface area contributed by atoms with Gasteiger partial charge in [0.15, 0.2) is 6.20 Å². The van der Waals surface area contributed by atoms with Gasteiger partial charge in [0.1, 0.15) is 19.4 Å². The summed E-state index contributed by atoms with van der Waals surface area (Å²) in [5.74, 6) is -0.293. The zero-order valence-electron chi connectivity index (χ0n) is 17.9. The SMILES string of the molecule is CCn1n[n+](C)cc1C(=O)N=C1Cc2cc(C(N)=O)ccc2N1C/C=C/CNB(C)O. The van der Waals surface area contributed by atoms with Crippen molar-refractivity contribution in [1.29, 1.82) is 0 Å². The van der Waals surface area contributed by atoms with Gasteiger partial charge in [-0.3, -0.25) is 9.59 Å². The Morgan fingerprint density at radius 2 is 2.19 bits per heavy atom. The number of nitrogens with two attached hydrogens (primary N) is 1. The van der Waals surface area contributed by atoms with E-state index in [1.807, 2.05) is 30.0 Å². The molecule has 0 atom stereocenters. The van der Waals surface area contributed by atoms with Crippen LogP contribution >= 0.6 is 0 Å². The minimum Gasteiger partial charge on any atom is -0.437 e. The van der Waals surface area contributed by atoms with Gasteiger partial charge >= 0.3 is 13.0 Å². The minimum atomic E-state index is -0.594. The van der Waals surface area contributed by atoms with Crippen molar-refractivity contribution in [3.63, 3.8) is 0 Å². The normalized spacial score (nSPS) is 14.5. The van der Waals surface area contributed by atoms with Crippen LogP contribution < -0.4 is 20.5 Å². The van der Waals surface area contributed by atoms with Crippen LogP contribution in [0.2, 0.25) is 6.82 Å². The topological polar surface area (TPSA) is 130 Å². The number of carbonyl (C=O) groups excluding carboxylic acids is 2. The number of aryl methyl sites for hydroxylation is 2. The highest BCUT2D eigenvalue weighted by molar-refractivity contribution is 6.45. The van der Waals surface area contributed by atoms with Crippen LogP contribution in [-0.2, 0) is 20.0 Å². The predicted octanol–water partition coefficient (Wildman–Crippen LogP) is -0.316. The molecular formula is C20H27BN7O3+. The molecule has 0 fully saturated rings. The number of amides is 2. The molecular weight excluding hydrogens is 397 g/mol. The van der Waals surface area contributed by atoms with Crippen LogP contribution in [-0.4, -0.2) is 52.7 Å². The quantitative estimate of drug-likeness (QED) is 0.303. The first-order chi connectivity index (χ1) is 14.8. The first kappa shape index (κ1) is 22.4. The van der Waals surface area contributed by atoms with Gasteiger partial charge in [0.05, 0.1) is 5.21 Å². The smallest absolute Gasteiger partial charge is 0.373 e. The van der Waals surface area contributed by atoms with Crippen molar-refractivity contribution in [1.82, 2.24) is 15.1 Å². The minimum absolute atomic E-state index is 0.377. The molecule has 0 saturated carbocycles. The van der Waals surface area contributed by atoms with Gasteiger partial charge in [-0.1, -0.05) is 12.2 Å². The van der Waals surface area contributed by atoms with Crippen LogP contribution in [0.1, 0.15) is 33.3 Å².